The number of nitriles is 1. The lowest BCUT2D eigenvalue weighted by molar-refractivity contribution is -0.119. The number of hydrogen-bond acceptors (Lipinski definition) is 2. The Hall–Kier alpha value is -1.69. The predicted molar refractivity (Wildman–Crippen MR) is 50.1 cm³/mol. The Morgan fingerprint density at radius 3 is 2.50 bits per heavy atom. The van der Waals surface area contributed by atoms with Gasteiger partial charge in [0.1, 0.15) is 11.7 Å². The van der Waals surface area contributed by atoms with E-state index in [-0.39, 0.29) is 11.6 Å². The molecule has 1 rings (SSSR count). The van der Waals surface area contributed by atoms with Gasteiger partial charge < -0.3 is 0 Å². The molecule has 3 heteroatoms. The highest BCUT2D eigenvalue weighted by Gasteiger charge is 2.17. The van der Waals surface area contributed by atoms with Crippen molar-refractivity contribution in [1.82, 2.24) is 0 Å². The summed E-state index contributed by atoms with van der Waals surface area (Å²) in [6, 6.07) is 7.36. The molecule has 0 spiro atoms. The summed E-state index contributed by atoms with van der Waals surface area (Å²) in [7, 11) is 0. The number of rotatable bonds is 3. The van der Waals surface area contributed by atoms with E-state index < -0.39 is 5.92 Å². The van der Waals surface area contributed by atoms with Crippen molar-refractivity contribution in [3.05, 3.63) is 35.6 Å². The summed E-state index contributed by atoms with van der Waals surface area (Å²) in [6.45, 7) is 1.70. The summed E-state index contributed by atoms with van der Waals surface area (Å²) in [4.78, 5) is 11.3. The van der Waals surface area contributed by atoms with E-state index in [2.05, 4.69) is 0 Å². The largest absolute Gasteiger partial charge is 0.298 e. The van der Waals surface area contributed by atoms with Crippen molar-refractivity contribution in [2.24, 2.45) is 0 Å². The molecule has 1 atom stereocenters. The van der Waals surface area contributed by atoms with Crippen LogP contribution in [0.3, 0.4) is 0 Å². The third-order valence-corrected chi connectivity index (χ3v) is 2.00. The smallest absolute Gasteiger partial charge is 0.154 e. The maximum Gasteiger partial charge on any atom is 0.154 e. The first-order chi connectivity index (χ1) is 6.69. The second-order valence-corrected chi connectivity index (χ2v) is 2.93. The van der Waals surface area contributed by atoms with E-state index in [0.717, 1.165) is 0 Å². The Balaban J connectivity index is 2.97. The van der Waals surface area contributed by atoms with Crippen LogP contribution in [-0.2, 0) is 4.79 Å². The van der Waals surface area contributed by atoms with Crippen molar-refractivity contribution < 1.29 is 9.18 Å². The normalized spacial score (nSPS) is 11.8. The predicted octanol–water partition coefficient (Wildman–Crippen LogP) is 2.41. The molecule has 1 aromatic rings. The van der Waals surface area contributed by atoms with E-state index in [4.69, 9.17) is 5.26 Å². The molecule has 0 radical (unpaired) electrons. The number of carbonyl (C=O) groups excluding carboxylic acids is 1. The summed E-state index contributed by atoms with van der Waals surface area (Å²) >= 11 is 0. The minimum Gasteiger partial charge on any atom is -0.298 e. The average molecular weight is 191 g/mol. The van der Waals surface area contributed by atoms with Gasteiger partial charge in [0.25, 0.3) is 0 Å². The van der Waals surface area contributed by atoms with Crippen LogP contribution >= 0.6 is 0 Å². The van der Waals surface area contributed by atoms with Crippen LogP contribution in [0.1, 0.15) is 24.8 Å². The summed E-state index contributed by atoms with van der Waals surface area (Å²) in [6.07, 6.45) is 0.315. The topological polar surface area (TPSA) is 40.9 Å². The molecule has 0 N–H and O–H groups in total. The molecular formula is C11H10FNO. The number of ketones is 1. The van der Waals surface area contributed by atoms with Crippen LogP contribution in [0.2, 0.25) is 0 Å². The lowest BCUT2D eigenvalue weighted by Crippen LogP contribution is -2.09. The van der Waals surface area contributed by atoms with Gasteiger partial charge >= 0.3 is 0 Å². The van der Waals surface area contributed by atoms with E-state index in [0.29, 0.717) is 12.0 Å². The summed E-state index contributed by atoms with van der Waals surface area (Å²) < 4.78 is 12.6. The molecule has 2 nitrogen and oxygen atoms in total. The summed E-state index contributed by atoms with van der Waals surface area (Å²) in [5.41, 5.74) is 0.556. The highest BCUT2D eigenvalue weighted by atomic mass is 19.1. The minimum absolute atomic E-state index is 0.140. The van der Waals surface area contributed by atoms with Crippen molar-refractivity contribution in [2.75, 3.05) is 0 Å². The second kappa shape index (κ2) is 4.52. The van der Waals surface area contributed by atoms with Crippen molar-refractivity contribution in [1.29, 1.82) is 5.26 Å². The Labute approximate surface area is 82.0 Å². The van der Waals surface area contributed by atoms with E-state index in [1.54, 1.807) is 6.92 Å². The zero-order valence-corrected chi connectivity index (χ0v) is 7.83. The first-order valence-electron chi connectivity index (χ1n) is 4.36. The first-order valence-corrected chi connectivity index (χ1v) is 4.36. The second-order valence-electron chi connectivity index (χ2n) is 2.93. The maximum atomic E-state index is 12.6. The van der Waals surface area contributed by atoms with Crippen LogP contribution in [0.15, 0.2) is 24.3 Å². The first kappa shape index (κ1) is 10.4. The number of Topliss-reactive ketones (excluding diaryl/α,β-unsaturated/α-hetero) is 1. The van der Waals surface area contributed by atoms with Gasteiger partial charge in [0, 0.05) is 6.42 Å². The Morgan fingerprint density at radius 1 is 1.50 bits per heavy atom. The molecule has 72 valence electrons. The zero-order chi connectivity index (χ0) is 10.6. The molecule has 0 amide bonds. The van der Waals surface area contributed by atoms with Gasteiger partial charge in [0.15, 0.2) is 5.78 Å². The van der Waals surface area contributed by atoms with Gasteiger partial charge in [0.05, 0.1) is 6.07 Å². The molecule has 1 aromatic carbocycles. The molecular weight excluding hydrogens is 181 g/mol. The quantitative estimate of drug-likeness (QED) is 0.736. The fourth-order valence-corrected chi connectivity index (χ4v) is 1.19. The standard InChI is InChI=1S/C11H10FNO/c1-2-11(14)10(7-13)8-3-5-9(12)6-4-8/h3-6,10H,2H2,1H3/t10-/m0/s1. The fraction of sp³-hybridized carbons (Fsp3) is 0.273. The van der Waals surface area contributed by atoms with Crippen LogP contribution in [0, 0.1) is 17.1 Å². The third kappa shape index (κ3) is 2.17. The third-order valence-electron chi connectivity index (χ3n) is 2.00. The van der Waals surface area contributed by atoms with Gasteiger partial charge in [-0.1, -0.05) is 19.1 Å². The Morgan fingerprint density at radius 2 is 2.07 bits per heavy atom. The molecule has 0 aromatic heterocycles. The van der Waals surface area contributed by atoms with Gasteiger partial charge in [-0.25, -0.2) is 4.39 Å². The number of benzene rings is 1. The highest BCUT2D eigenvalue weighted by Crippen LogP contribution is 2.17. The molecule has 0 bridgehead atoms. The van der Waals surface area contributed by atoms with E-state index in [1.165, 1.54) is 24.3 Å². The van der Waals surface area contributed by atoms with E-state index >= 15 is 0 Å². The van der Waals surface area contributed by atoms with Crippen LogP contribution in [0.25, 0.3) is 0 Å². The van der Waals surface area contributed by atoms with Crippen molar-refractivity contribution >= 4 is 5.78 Å². The van der Waals surface area contributed by atoms with Gasteiger partial charge in [-0.2, -0.15) is 5.26 Å². The lowest BCUT2D eigenvalue weighted by atomic mass is 9.95. The van der Waals surface area contributed by atoms with Crippen molar-refractivity contribution in [3.63, 3.8) is 0 Å². The van der Waals surface area contributed by atoms with Crippen LogP contribution in [-0.4, -0.2) is 5.78 Å². The molecule has 0 unspecified atom stereocenters. The van der Waals surface area contributed by atoms with Crippen molar-refractivity contribution in [3.8, 4) is 6.07 Å². The minimum atomic E-state index is -0.763. The van der Waals surface area contributed by atoms with Gasteiger partial charge in [-0.15, -0.1) is 0 Å². The van der Waals surface area contributed by atoms with Crippen LogP contribution < -0.4 is 0 Å². The van der Waals surface area contributed by atoms with Gasteiger partial charge in [-0.05, 0) is 17.7 Å². The fourth-order valence-electron chi connectivity index (χ4n) is 1.19. The molecule has 0 aliphatic heterocycles. The molecule has 0 fully saturated rings. The van der Waals surface area contributed by atoms with Crippen molar-refractivity contribution in [2.45, 2.75) is 19.3 Å². The number of halogens is 1. The number of hydrogen-bond donors (Lipinski definition) is 0. The summed E-state index contributed by atoms with van der Waals surface area (Å²) in [5, 5.41) is 8.79. The maximum absolute atomic E-state index is 12.6. The Bertz CT molecular complexity index is 364. The van der Waals surface area contributed by atoms with E-state index in [1.807, 2.05) is 6.07 Å². The molecule has 0 saturated heterocycles. The average Bonchev–Trinajstić information content (AvgIpc) is 2.21. The van der Waals surface area contributed by atoms with Gasteiger partial charge in [0.2, 0.25) is 0 Å². The molecule has 0 saturated carbocycles. The van der Waals surface area contributed by atoms with Crippen LogP contribution in [0.4, 0.5) is 4.39 Å². The molecule has 0 heterocycles. The SMILES string of the molecule is CCC(=O)[C@@H](C#N)c1ccc(F)cc1. The van der Waals surface area contributed by atoms with E-state index in [9.17, 15) is 9.18 Å². The van der Waals surface area contributed by atoms with Gasteiger partial charge in [-0.3, -0.25) is 4.79 Å². The zero-order valence-electron chi connectivity index (χ0n) is 7.83. The monoisotopic (exact) mass is 191 g/mol. The molecule has 0 aliphatic rings. The summed E-state index contributed by atoms with van der Waals surface area (Å²) in [5.74, 6) is -1.27. The lowest BCUT2D eigenvalue weighted by Gasteiger charge is -2.05. The highest BCUT2D eigenvalue weighted by molar-refractivity contribution is 5.88. The van der Waals surface area contributed by atoms with Crippen LogP contribution in [0.5, 0.6) is 0 Å². The molecule has 14 heavy (non-hydrogen) atoms. The number of carbonyl (C=O) groups is 1. The Kier molecular flexibility index (Phi) is 3.35. The number of nitrogens with zero attached hydrogens (tertiary/aromatic N) is 1. The molecule has 0 aliphatic carbocycles.